The first kappa shape index (κ1) is 13.4. The molecule has 0 rings (SSSR count). The fourth-order valence-corrected chi connectivity index (χ4v) is 1.15. The van der Waals surface area contributed by atoms with Gasteiger partial charge in [0, 0.05) is 12.1 Å². The summed E-state index contributed by atoms with van der Waals surface area (Å²) < 4.78 is 0. The third-order valence-electron chi connectivity index (χ3n) is 2.65. The quantitative estimate of drug-likeness (QED) is 0.583. The molecule has 4 N–H and O–H groups in total. The van der Waals surface area contributed by atoms with Crippen LogP contribution in [-0.4, -0.2) is 29.2 Å². The van der Waals surface area contributed by atoms with Gasteiger partial charge < -0.3 is 16.2 Å². The molecular weight excluding hydrogens is 180 g/mol. The third kappa shape index (κ3) is 4.07. The molecule has 1 unspecified atom stereocenters. The lowest BCUT2D eigenvalue weighted by Gasteiger charge is -2.30. The summed E-state index contributed by atoms with van der Waals surface area (Å²) >= 11 is 0. The molecule has 0 fully saturated rings. The van der Waals surface area contributed by atoms with E-state index >= 15 is 0 Å². The molecule has 0 aromatic rings. The first-order valence-electron chi connectivity index (χ1n) is 5.17. The van der Waals surface area contributed by atoms with Crippen LogP contribution >= 0.6 is 0 Å². The van der Waals surface area contributed by atoms with Gasteiger partial charge in [-0.25, -0.2) is 0 Å². The molecule has 84 valence electrons. The van der Waals surface area contributed by atoms with E-state index in [4.69, 9.17) is 10.8 Å². The van der Waals surface area contributed by atoms with Crippen LogP contribution in [0.5, 0.6) is 0 Å². The van der Waals surface area contributed by atoms with Crippen molar-refractivity contribution in [3.8, 4) is 0 Å². The van der Waals surface area contributed by atoms with Gasteiger partial charge in [-0.3, -0.25) is 4.79 Å². The van der Waals surface area contributed by atoms with Crippen molar-refractivity contribution in [2.75, 3.05) is 6.61 Å². The average Bonchev–Trinajstić information content (AvgIpc) is 2.16. The topological polar surface area (TPSA) is 75.4 Å². The molecule has 0 saturated carbocycles. The SMILES string of the molecule is CC[C@H](N)C(=O)NC(C)(CC)CCO. The average molecular weight is 202 g/mol. The molecule has 0 bridgehead atoms. The molecular formula is C10H22N2O2. The van der Waals surface area contributed by atoms with Gasteiger partial charge in [-0.15, -0.1) is 0 Å². The van der Waals surface area contributed by atoms with E-state index in [1.165, 1.54) is 0 Å². The van der Waals surface area contributed by atoms with Gasteiger partial charge in [-0.1, -0.05) is 13.8 Å². The van der Waals surface area contributed by atoms with Crippen molar-refractivity contribution in [3.63, 3.8) is 0 Å². The molecule has 0 aliphatic heterocycles. The highest BCUT2D eigenvalue weighted by Crippen LogP contribution is 2.13. The molecule has 0 heterocycles. The van der Waals surface area contributed by atoms with Crippen molar-refractivity contribution >= 4 is 5.91 Å². The van der Waals surface area contributed by atoms with Crippen molar-refractivity contribution in [3.05, 3.63) is 0 Å². The Bertz CT molecular complexity index is 185. The molecule has 0 saturated heterocycles. The van der Waals surface area contributed by atoms with Gasteiger partial charge in [-0.2, -0.15) is 0 Å². The lowest BCUT2D eigenvalue weighted by molar-refractivity contribution is -0.124. The van der Waals surface area contributed by atoms with Crippen LogP contribution in [0.25, 0.3) is 0 Å². The number of carbonyl (C=O) groups excluding carboxylic acids is 1. The normalized spacial score (nSPS) is 17.2. The molecule has 14 heavy (non-hydrogen) atoms. The van der Waals surface area contributed by atoms with Gasteiger partial charge in [0.1, 0.15) is 0 Å². The number of hydrogen-bond donors (Lipinski definition) is 3. The van der Waals surface area contributed by atoms with Gasteiger partial charge >= 0.3 is 0 Å². The molecule has 1 amide bonds. The third-order valence-corrected chi connectivity index (χ3v) is 2.65. The first-order valence-corrected chi connectivity index (χ1v) is 5.17. The summed E-state index contributed by atoms with van der Waals surface area (Å²) in [5, 5.41) is 11.7. The zero-order valence-electron chi connectivity index (χ0n) is 9.34. The Morgan fingerprint density at radius 3 is 2.50 bits per heavy atom. The molecule has 0 spiro atoms. The Hall–Kier alpha value is -0.610. The zero-order chi connectivity index (χ0) is 11.2. The number of nitrogens with one attached hydrogen (secondary N) is 1. The van der Waals surface area contributed by atoms with Crippen LogP contribution in [0.3, 0.4) is 0 Å². The van der Waals surface area contributed by atoms with Crippen LogP contribution in [0.4, 0.5) is 0 Å². The van der Waals surface area contributed by atoms with E-state index in [1.54, 1.807) is 0 Å². The second kappa shape index (κ2) is 5.98. The van der Waals surface area contributed by atoms with Crippen molar-refractivity contribution in [1.29, 1.82) is 0 Å². The molecule has 2 atom stereocenters. The van der Waals surface area contributed by atoms with Crippen molar-refractivity contribution < 1.29 is 9.90 Å². The Morgan fingerprint density at radius 1 is 1.57 bits per heavy atom. The Morgan fingerprint density at radius 2 is 2.14 bits per heavy atom. The molecule has 0 radical (unpaired) electrons. The summed E-state index contributed by atoms with van der Waals surface area (Å²) in [4.78, 5) is 11.5. The summed E-state index contributed by atoms with van der Waals surface area (Å²) in [6, 6.07) is -0.445. The first-order chi connectivity index (χ1) is 6.49. The number of aliphatic hydroxyl groups excluding tert-OH is 1. The minimum atomic E-state index is -0.445. The van der Waals surface area contributed by atoms with Crippen LogP contribution in [0.1, 0.15) is 40.0 Å². The number of hydrogen-bond acceptors (Lipinski definition) is 3. The van der Waals surface area contributed by atoms with Crippen molar-refractivity contribution in [2.24, 2.45) is 5.73 Å². The molecule has 0 aliphatic rings. The van der Waals surface area contributed by atoms with Gasteiger partial charge in [0.2, 0.25) is 5.91 Å². The van der Waals surface area contributed by atoms with Crippen LogP contribution in [-0.2, 0) is 4.79 Å². The largest absolute Gasteiger partial charge is 0.396 e. The van der Waals surface area contributed by atoms with E-state index in [9.17, 15) is 4.79 Å². The van der Waals surface area contributed by atoms with Crippen molar-refractivity contribution in [1.82, 2.24) is 5.32 Å². The van der Waals surface area contributed by atoms with E-state index in [2.05, 4.69) is 5.32 Å². The lowest BCUT2D eigenvalue weighted by atomic mass is 9.94. The maximum absolute atomic E-state index is 11.5. The lowest BCUT2D eigenvalue weighted by Crippen LogP contribution is -2.52. The Balaban J connectivity index is 4.23. The van der Waals surface area contributed by atoms with E-state index in [0.717, 1.165) is 6.42 Å². The predicted octanol–water partition coefficient (Wildman–Crippen LogP) is 0.391. The minimum Gasteiger partial charge on any atom is -0.396 e. The number of carbonyl (C=O) groups is 1. The molecule has 0 aromatic carbocycles. The predicted molar refractivity (Wildman–Crippen MR) is 56.8 cm³/mol. The standard InChI is InChI=1S/C10H22N2O2/c1-4-8(11)9(14)12-10(3,5-2)6-7-13/h8,13H,4-7,11H2,1-3H3,(H,12,14)/t8-,10?/m0/s1. The van der Waals surface area contributed by atoms with Crippen LogP contribution in [0.15, 0.2) is 0 Å². The van der Waals surface area contributed by atoms with Crippen LogP contribution < -0.4 is 11.1 Å². The Kier molecular flexibility index (Phi) is 5.72. The van der Waals surface area contributed by atoms with Gasteiger partial charge in [0.25, 0.3) is 0 Å². The smallest absolute Gasteiger partial charge is 0.237 e. The zero-order valence-corrected chi connectivity index (χ0v) is 9.34. The molecule has 0 aromatic heterocycles. The van der Waals surface area contributed by atoms with Crippen LogP contribution in [0, 0.1) is 0 Å². The number of aliphatic hydroxyl groups is 1. The summed E-state index contributed by atoms with van der Waals surface area (Å²) in [6.45, 7) is 5.85. The van der Waals surface area contributed by atoms with Crippen LogP contribution in [0.2, 0.25) is 0 Å². The maximum atomic E-state index is 11.5. The molecule has 4 heteroatoms. The highest BCUT2D eigenvalue weighted by atomic mass is 16.3. The molecule has 4 nitrogen and oxygen atoms in total. The monoisotopic (exact) mass is 202 g/mol. The summed E-state index contributed by atoms with van der Waals surface area (Å²) in [5.74, 6) is -0.134. The fraction of sp³-hybridized carbons (Fsp3) is 0.900. The number of nitrogens with two attached hydrogens (primary N) is 1. The summed E-state index contributed by atoms with van der Waals surface area (Å²) in [7, 11) is 0. The number of rotatable bonds is 6. The molecule has 0 aliphatic carbocycles. The maximum Gasteiger partial charge on any atom is 0.237 e. The van der Waals surface area contributed by atoms with E-state index < -0.39 is 6.04 Å². The van der Waals surface area contributed by atoms with E-state index in [0.29, 0.717) is 12.8 Å². The summed E-state index contributed by atoms with van der Waals surface area (Å²) in [5.41, 5.74) is 5.27. The van der Waals surface area contributed by atoms with Gasteiger partial charge in [0.15, 0.2) is 0 Å². The highest BCUT2D eigenvalue weighted by molar-refractivity contribution is 5.82. The fourth-order valence-electron chi connectivity index (χ4n) is 1.15. The summed E-state index contributed by atoms with van der Waals surface area (Å²) in [6.07, 6.45) is 1.98. The van der Waals surface area contributed by atoms with Crippen molar-refractivity contribution in [2.45, 2.75) is 51.6 Å². The number of amides is 1. The van der Waals surface area contributed by atoms with Gasteiger partial charge in [-0.05, 0) is 26.2 Å². The highest BCUT2D eigenvalue weighted by Gasteiger charge is 2.25. The Labute approximate surface area is 85.9 Å². The second-order valence-electron chi connectivity index (χ2n) is 3.89. The van der Waals surface area contributed by atoms with E-state index in [1.807, 2.05) is 20.8 Å². The van der Waals surface area contributed by atoms with E-state index in [-0.39, 0.29) is 18.1 Å². The second-order valence-corrected chi connectivity index (χ2v) is 3.89. The van der Waals surface area contributed by atoms with Gasteiger partial charge in [0.05, 0.1) is 6.04 Å². The minimum absolute atomic E-state index is 0.0754.